The van der Waals surface area contributed by atoms with Gasteiger partial charge < -0.3 is 5.11 Å². The largest absolute Gasteiger partial charge is 0.492 e. The summed E-state index contributed by atoms with van der Waals surface area (Å²) in [7, 11) is -3.75. The van der Waals surface area contributed by atoms with Crippen molar-refractivity contribution in [3.8, 4) is 5.88 Å². The predicted molar refractivity (Wildman–Crippen MR) is 94.2 cm³/mol. The Bertz CT molecular complexity index is 1220. The average Bonchev–Trinajstić information content (AvgIpc) is 3.09. The smallest absolute Gasteiger partial charge is 0.238 e. The SMILES string of the molecule is NS(=O)(=O)c1ccc(N=Nc2sc3nc4ccccc4n3c2O)cc1. The molecule has 0 fully saturated rings. The zero-order valence-corrected chi connectivity index (χ0v) is 14.2. The van der Waals surface area contributed by atoms with E-state index in [-0.39, 0.29) is 10.8 Å². The third-order valence-electron chi connectivity index (χ3n) is 3.54. The number of hydrogen-bond donors (Lipinski definition) is 2. The van der Waals surface area contributed by atoms with E-state index in [0.717, 1.165) is 11.0 Å². The zero-order valence-electron chi connectivity index (χ0n) is 12.6. The Hall–Kier alpha value is -2.82. The molecule has 0 unspecified atom stereocenters. The normalized spacial score (nSPS) is 12.5. The van der Waals surface area contributed by atoms with E-state index in [0.29, 0.717) is 15.6 Å². The number of azo groups is 1. The number of benzene rings is 2. The van der Waals surface area contributed by atoms with E-state index >= 15 is 0 Å². The van der Waals surface area contributed by atoms with Crippen LogP contribution in [0.25, 0.3) is 16.0 Å². The van der Waals surface area contributed by atoms with Crippen LogP contribution < -0.4 is 5.14 Å². The zero-order chi connectivity index (χ0) is 17.6. The van der Waals surface area contributed by atoms with Crippen molar-refractivity contribution >= 4 is 48.0 Å². The summed E-state index contributed by atoms with van der Waals surface area (Å²) in [5, 5.41) is 23.8. The number of rotatable bonds is 3. The van der Waals surface area contributed by atoms with E-state index in [2.05, 4.69) is 15.2 Å². The summed E-state index contributed by atoms with van der Waals surface area (Å²) in [6.45, 7) is 0. The molecule has 4 aromatic rings. The van der Waals surface area contributed by atoms with Gasteiger partial charge in [-0.05, 0) is 36.4 Å². The molecule has 126 valence electrons. The Balaban J connectivity index is 1.70. The Morgan fingerprint density at radius 3 is 2.52 bits per heavy atom. The standard InChI is InChI=1S/C15H11N5O3S2/c16-25(22,23)10-7-5-9(6-8-10)18-19-13-14(21)20-12-4-2-1-3-11(12)17-15(20)24-13/h1-8,21H,(H2,16,22,23). The molecular weight excluding hydrogens is 362 g/mol. The number of thiazole rings is 1. The number of para-hydroxylation sites is 2. The molecule has 2 aromatic heterocycles. The number of hydrogen-bond acceptors (Lipinski definition) is 7. The second kappa shape index (κ2) is 5.62. The maximum atomic E-state index is 11.2. The Labute approximate surface area is 145 Å². The van der Waals surface area contributed by atoms with Crippen molar-refractivity contribution in [1.82, 2.24) is 9.38 Å². The number of aromatic nitrogens is 2. The van der Waals surface area contributed by atoms with Crippen molar-refractivity contribution in [2.24, 2.45) is 15.4 Å². The molecule has 0 aliphatic heterocycles. The molecule has 0 bridgehead atoms. The summed E-state index contributed by atoms with van der Waals surface area (Å²) in [5.74, 6) is -0.0430. The average molecular weight is 373 g/mol. The lowest BCUT2D eigenvalue weighted by atomic mass is 10.3. The van der Waals surface area contributed by atoms with Crippen LogP contribution in [0.3, 0.4) is 0 Å². The molecule has 0 radical (unpaired) electrons. The van der Waals surface area contributed by atoms with Gasteiger partial charge in [0.05, 0.1) is 21.6 Å². The number of sulfonamides is 1. The highest BCUT2D eigenvalue weighted by Gasteiger charge is 2.15. The fraction of sp³-hybridized carbons (Fsp3) is 0. The number of nitrogens with two attached hydrogens (primary N) is 1. The van der Waals surface area contributed by atoms with E-state index in [4.69, 9.17) is 5.14 Å². The van der Waals surface area contributed by atoms with Gasteiger partial charge in [-0.1, -0.05) is 23.5 Å². The maximum Gasteiger partial charge on any atom is 0.238 e. The van der Waals surface area contributed by atoms with Crippen LogP contribution in [0.1, 0.15) is 0 Å². The summed E-state index contributed by atoms with van der Waals surface area (Å²) >= 11 is 1.20. The molecule has 3 N–H and O–H groups in total. The first-order valence-corrected chi connectivity index (χ1v) is 9.43. The van der Waals surface area contributed by atoms with E-state index in [1.807, 2.05) is 24.3 Å². The van der Waals surface area contributed by atoms with Crippen molar-refractivity contribution in [2.75, 3.05) is 0 Å². The minimum Gasteiger partial charge on any atom is -0.492 e. The van der Waals surface area contributed by atoms with Crippen LogP contribution in [0.15, 0.2) is 63.7 Å². The molecule has 10 heteroatoms. The van der Waals surface area contributed by atoms with Crippen molar-refractivity contribution in [2.45, 2.75) is 4.90 Å². The summed E-state index contributed by atoms with van der Waals surface area (Å²) in [4.78, 5) is 5.03. The molecule has 0 amide bonds. The van der Waals surface area contributed by atoms with Crippen molar-refractivity contribution in [3.05, 3.63) is 48.5 Å². The van der Waals surface area contributed by atoms with E-state index in [1.165, 1.54) is 35.6 Å². The number of fused-ring (bicyclic) bond motifs is 3. The summed E-state index contributed by atoms with van der Waals surface area (Å²) in [5.41, 5.74) is 2.00. The number of primary sulfonamides is 1. The van der Waals surface area contributed by atoms with Gasteiger partial charge in [0.2, 0.25) is 20.9 Å². The molecular formula is C15H11N5O3S2. The molecule has 8 nitrogen and oxygen atoms in total. The van der Waals surface area contributed by atoms with E-state index < -0.39 is 10.0 Å². The van der Waals surface area contributed by atoms with Gasteiger partial charge in [-0.15, -0.1) is 10.2 Å². The fourth-order valence-corrected chi connectivity index (χ4v) is 3.75. The third kappa shape index (κ3) is 2.76. The Kier molecular flexibility index (Phi) is 3.53. The molecule has 2 heterocycles. The van der Waals surface area contributed by atoms with Gasteiger partial charge in [-0.25, -0.2) is 18.5 Å². The highest BCUT2D eigenvalue weighted by atomic mass is 32.2. The topological polar surface area (TPSA) is 122 Å². The van der Waals surface area contributed by atoms with Crippen molar-refractivity contribution in [1.29, 1.82) is 0 Å². The van der Waals surface area contributed by atoms with Gasteiger partial charge in [0.1, 0.15) is 0 Å². The molecule has 25 heavy (non-hydrogen) atoms. The predicted octanol–water partition coefficient (Wildman–Crippen LogP) is 3.32. The van der Waals surface area contributed by atoms with Gasteiger partial charge in [0, 0.05) is 0 Å². The van der Waals surface area contributed by atoms with E-state index in [9.17, 15) is 13.5 Å². The van der Waals surface area contributed by atoms with Crippen LogP contribution in [-0.4, -0.2) is 22.9 Å². The quantitative estimate of drug-likeness (QED) is 0.535. The molecule has 2 aromatic carbocycles. The monoisotopic (exact) mass is 373 g/mol. The fourth-order valence-electron chi connectivity index (χ4n) is 2.38. The lowest BCUT2D eigenvalue weighted by molar-refractivity contribution is 0.453. The maximum absolute atomic E-state index is 11.2. The van der Waals surface area contributed by atoms with Crippen LogP contribution in [0.5, 0.6) is 5.88 Å². The first-order valence-electron chi connectivity index (χ1n) is 7.07. The molecule has 4 rings (SSSR count). The highest BCUT2D eigenvalue weighted by molar-refractivity contribution is 7.89. The lowest BCUT2D eigenvalue weighted by Crippen LogP contribution is -2.11. The van der Waals surface area contributed by atoms with Gasteiger partial charge in [0.25, 0.3) is 0 Å². The second-order valence-corrected chi connectivity index (χ2v) is 7.71. The van der Waals surface area contributed by atoms with E-state index in [1.54, 1.807) is 4.40 Å². The molecule has 0 saturated carbocycles. The van der Waals surface area contributed by atoms with Gasteiger partial charge in [-0.3, -0.25) is 4.40 Å². The number of aromatic hydroxyl groups is 1. The van der Waals surface area contributed by atoms with Crippen LogP contribution in [0.2, 0.25) is 0 Å². The second-order valence-electron chi connectivity index (χ2n) is 5.19. The summed E-state index contributed by atoms with van der Waals surface area (Å²) < 4.78 is 24.1. The van der Waals surface area contributed by atoms with Crippen LogP contribution >= 0.6 is 11.3 Å². The van der Waals surface area contributed by atoms with Crippen molar-refractivity contribution in [3.63, 3.8) is 0 Å². The third-order valence-corrected chi connectivity index (χ3v) is 5.39. The molecule has 0 saturated heterocycles. The Morgan fingerprint density at radius 1 is 1.08 bits per heavy atom. The van der Waals surface area contributed by atoms with Crippen molar-refractivity contribution < 1.29 is 13.5 Å². The van der Waals surface area contributed by atoms with Gasteiger partial charge in [-0.2, -0.15) is 0 Å². The number of imidazole rings is 1. The van der Waals surface area contributed by atoms with Gasteiger partial charge in [0.15, 0.2) is 4.96 Å². The lowest BCUT2D eigenvalue weighted by Gasteiger charge is -1.97. The Morgan fingerprint density at radius 2 is 1.80 bits per heavy atom. The molecule has 0 aliphatic carbocycles. The highest BCUT2D eigenvalue weighted by Crippen LogP contribution is 2.39. The van der Waals surface area contributed by atoms with Crippen LogP contribution in [-0.2, 0) is 10.0 Å². The van der Waals surface area contributed by atoms with Gasteiger partial charge >= 0.3 is 0 Å². The molecule has 0 aliphatic rings. The summed E-state index contributed by atoms with van der Waals surface area (Å²) in [6, 6.07) is 13.1. The minimum absolute atomic E-state index is 0.00430. The first-order chi connectivity index (χ1) is 11.9. The van der Waals surface area contributed by atoms with Crippen LogP contribution in [0.4, 0.5) is 10.7 Å². The minimum atomic E-state index is -3.75. The number of nitrogens with zero attached hydrogens (tertiary/aromatic N) is 4. The molecule has 0 atom stereocenters. The van der Waals surface area contributed by atoms with Crippen LogP contribution in [0, 0.1) is 0 Å². The summed E-state index contributed by atoms with van der Waals surface area (Å²) in [6.07, 6.45) is 0. The molecule has 0 spiro atoms. The first kappa shape index (κ1) is 15.7.